The Morgan fingerprint density at radius 3 is 2.60 bits per heavy atom. The predicted octanol–water partition coefficient (Wildman–Crippen LogP) is 2.87. The highest BCUT2D eigenvalue weighted by Gasteiger charge is 2.23. The first-order chi connectivity index (χ1) is 14.5. The molecule has 0 unspecified atom stereocenters. The number of hydrogen-bond donors (Lipinski definition) is 0. The molecular formula is C22H19N3O4S. The van der Waals surface area contributed by atoms with Crippen molar-refractivity contribution in [1.82, 2.24) is 9.78 Å². The number of carbonyl (C=O) groups excluding carboxylic acids is 2. The quantitative estimate of drug-likeness (QED) is 0.465. The standard InChI is InChI=1S/C22H19N3O4S/c1-24-18-11-15(5-9-20(18)29-13-22(24)28)19(26)12-25-21(27)10-8-17(23-25)14-3-6-16(30-2)7-4-14/h3-11H,12-13H2,1-2H3. The van der Waals surface area contributed by atoms with Gasteiger partial charge in [0.25, 0.3) is 11.5 Å². The van der Waals surface area contributed by atoms with Crippen molar-refractivity contribution >= 4 is 29.1 Å². The Morgan fingerprint density at radius 1 is 1.10 bits per heavy atom. The Balaban J connectivity index is 1.60. The summed E-state index contributed by atoms with van der Waals surface area (Å²) in [5, 5.41) is 4.37. The molecule has 0 N–H and O–H groups in total. The molecule has 1 amide bonds. The predicted molar refractivity (Wildman–Crippen MR) is 115 cm³/mol. The van der Waals surface area contributed by atoms with E-state index in [-0.39, 0.29) is 30.4 Å². The number of rotatable bonds is 5. The molecule has 0 saturated carbocycles. The molecule has 1 aromatic heterocycles. The Hall–Kier alpha value is -3.39. The van der Waals surface area contributed by atoms with Crippen molar-refractivity contribution in [3.05, 3.63) is 70.5 Å². The van der Waals surface area contributed by atoms with E-state index in [1.165, 1.54) is 11.0 Å². The Bertz CT molecular complexity index is 1190. The van der Waals surface area contributed by atoms with Crippen LogP contribution in [0.4, 0.5) is 5.69 Å². The van der Waals surface area contributed by atoms with Gasteiger partial charge < -0.3 is 9.64 Å². The maximum absolute atomic E-state index is 12.8. The summed E-state index contributed by atoms with van der Waals surface area (Å²) in [5.41, 5.74) is 2.02. The summed E-state index contributed by atoms with van der Waals surface area (Å²) < 4.78 is 6.55. The third kappa shape index (κ3) is 3.86. The van der Waals surface area contributed by atoms with Gasteiger partial charge in [-0.15, -0.1) is 11.8 Å². The molecule has 0 radical (unpaired) electrons. The first-order valence-electron chi connectivity index (χ1n) is 9.25. The van der Waals surface area contributed by atoms with Crippen LogP contribution in [-0.2, 0) is 11.3 Å². The summed E-state index contributed by atoms with van der Waals surface area (Å²) >= 11 is 1.64. The molecule has 0 spiro atoms. The lowest BCUT2D eigenvalue weighted by Crippen LogP contribution is -2.35. The van der Waals surface area contributed by atoms with Gasteiger partial charge in [0, 0.05) is 29.1 Å². The van der Waals surface area contributed by atoms with Crippen LogP contribution in [-0.4, -0.2) is 41.4 Å². The highest BCUT2D eigenvalue weighted by atomic mass is 32.2. The largest absolute Gasteiger partial charge is 0.482 e. The van der Waals surface area contributed by atoms with Crippen molar-refractivity contribution < 1.29 is 14.3 Å². The molecule has 1 aliphatic rings. The number of ether oxygens (including phenoxy) is 1. The van der Waals surface area contributed by atoms with Gasteiger partial charge in [0.05, 0.1) is 11.4 Å². The van der Waals surface area contributed by atoms with E-state index < -0.39 is 0 Å². The average Bonchev–Trinajstić information content (AvgIpc) is 2.77. The fraction of sp³-hybridized carbons (Fsp3) is 0.182. The molecule has 0 bridgehead atoms. The van der Waals surface area contributed by atoms with Gasteiger partial charge in [0.1, 0.15) is 12.3 Å². The number of ketones is 1. The van der Waals surface area contributed by atoms with Crippen LogP contribution in [0.3, 0.4) is 0 Å². The number of anilines is 1. The van der Waals surface area contributed by atoms with Crippen LogP contribution in [0.2, 0.25) is 0 Å². The third-order valence-electron chi connectivity index (χ3n) is 4.91. The third-order valence-corrected chi connectivity index (χ3v) is 5.66. The van der Waals surface area contributed by atoms with E-state index in [2.05, 4.69) is 5.10 Å². The van der Waals surface area contributed by atoms with Crippen molar-refractivity contribution in [1.29, 1.82) is 0 Å². The smallest absolute Gasteiger partial charge is 0.267 e. The topological polar surface area (TPSA) is 81.5 Å². The van der Waals surface area contributed by atoms with Gasteiger partial charge in [-0.1, -0.05) is 12.1 Å². The molecule has 0 fully saturated rings. The van der Waals surface area contributed by atoms with Crippen LogP contribution in [0, 0.1) is 0 Å². The van der Waals surface area contributed by atoms with E-state index in [4.69, 9.17) is 4.74 Å². The first-order valence-corrected chi connectivity index (χ1v) is 10.5. The molecule has 4 rings (SSSR count). The van der Waals surface area contributed by atoms with Crippen LogP contribution in [0.25, 0.3) is 11.3 Å². The van der Waals surface area contributed by atoms with Crippen molar-refractivity contribution in [2.45, 2.75) is 11.4 Å². The molecule has 2 aromatic carbocycles. The highest BCUT2D eigenvalue weighted by Crippen LogP contribution is 2.32. The zero-order valence-electron chi connectivity index (χ0n) is 16.5. The van der Waals surface area contributed by atoms with E-state index in [1.807, 2.05) is 30.5 Å². The molecule has 0 saturated heterocycles. The number of fused-ring (bicyclic) bond motifs is 1. The van der Waals surface area contributed by atoms with Gasteiger partial charge in [-0.05, 0) is 42.7 Å². The second kappa shape index (κ2) is 8.16. The van der Waals surface area contributed by atoms with Crippen LogP contribution in [0.5, 0.6) is 5.75 Å². The zero-order chi connectivity index (χ0) is 21.3. The molecule has 3 aromatic rings. The molecule has 8 heteroatoms. The van der Waals surface area contributed by atoms with Crippen LogP contribution >= 0.6 is 11.8 Å². The van der Waals surface area contributed by atoms with Crippen LogP contribution < -0.4 is 15.2 Å². The summed E-state index contributed by atoms with van der Waals surface area (Å²) in [6, 6.07) is 15.8. The summed E-state index contributed by atoms with van der Waals surface area (Å²) in [6.07, 6.45) is 2.00. The van der Waals surface area contributed by atoms with E-state index in [0.29, 0.717) is 22.7 Å². The number of nitrogens with zero attached hydrogens (tertiary/aromatic N) is 3. The minimum absolute atomic E-state index is 0.0270. The van der Waals surface area contributed by atoms with E-state index in [9.17, 15) is 14.4 Å². The van der Waals surface area contributed by atoms with Crippen molar-refractivity contribution in [2.75, 3.05) is 24.8 Å². The number of aromatic nitrogens is 2. The number of amides is 1. The monoisotopic (exact) mass is 421 g/mol. The zero-order valence-corrected chi connectivity index (χ0v) is 17.3. The van der Waals surface area contributed by atoms with E-state index >= 15 is 0 Å². The molecule has 30 heavy (non-hydrogen) atoms. The Morgan fingerprint density at radius 2 is 1.87 bits per heavy atom. The minimum Gasteiger partial charge on any atom is -0.482 e. The maximum Gasteiger partial charge on any atom is 0.267 e. The molecule has 0 atom stereocenters. The molecule has 0 aliphatic carbocycles. The highest BCUT2D eigenvalue weighted by molar-refractivity contribution is 7.98. The van der Waals surface area contributed by atoms with Gasteiger partial charge in [0.15, 0.2) is 12.4 Å². The number of hydrogen-bond acceptors (Lipinski definition) is 6. The molecule has 1 aliphatic heterocycles. The van der Waals surface area contributed by atoms with Gasteiger partial charge >= 0.3 is 0 Å². The SMILES string of the molecule is CSc1ccc(-c2ccc(=O)n(CC(=O)c3ccc4c(c3)N(C)C(=O)CO4)n2)cc1. The van der Waals surface area contributed by atoms with Crippen molar-refractivity contribution in [3.8, 4) is 17.0 Å². The number of benzene rings is 2. The van der Waals surface area contributed by atoms with Crippen molar-refractivity contribution in [2.24, 2.45) is 0 Å². The van der Waals surface area contributed by atoms with E-state index in [1.54, 1.807) is 43.1 Å². The minimum atomic E-state index is -0.360. The van der Waals surface area contributed by atoms with Gasteiger partial charge in [-0.2, -0.15) is 5.10 Å². The summed E-state index contributed by atoms with van der Waals surface area (Å²) in [4.78, 5) is 39.5. The molecule has 2 heterocycles. The summed E-state index contributed by atoms with van der Waals surface area (Å²) in [6.45, 7) is -0.228. The van der Waals surface area contributed by atoms with E-state index in [0.717, 1.165) is 15.1 Å². The summed E-state index contributed by atoms with van der Waals surface area (Å²) in [7, 11) is 1.63. The number of Topliss-reactive ketones (excluding diaryl/α,β-unsaturated/α-hetero) is 1. The molecule has 7 nitrogen and oxygen atoms in total. The lowest BCUT2D eigenvalue weighted by molar-refractivity contribution is -0.120. The first kappa shape index (κ1) is 19.9. The number of likely N-dealkylation sites (N-methyl/N-ethyl adjacent to an activating group) is 1. The molecule has 152 valence electrons. The average molecular weight is 421 g/mol. The second-order valence-electron chi connectivity index (χ2n) is 6.79. The fourth-order valence-corrected chi connectivity index (χ4v) is 3.56. The Labute approximate surface area is 177 Å². The Kier molecular flexibility index (Phi) is 5.41. The van der Waals surface area contributed by atoms with Crippen molar-refractivity contribution in [3.63, 3.8) is 0 Å². The van der Waals surface area contributed by atoms with Crippen LogP contribution in [0.15, 0.2) is 64.3 Å². The lowest BCUT2D eigenvalue weighted by Gasteiger charge is -2.26. The second-order valence-corrected chi connectivity index (χ2v) is 7.67. The summed E-state index contributed by atoms with van der Waals surface area (Å²) in [5.74, 6) is 0.0681. The normalized spacial score (nSPS) is 13.0. The lowest BCUT2D eigenvalue weighted by atomic mass is 10.1. The maximum atomic E-state index is 12.8. The van der Waals surface area contributed by atoms with Gasteiger partial charge in [-0.3, -0.25) is 14.4 Å². The number of thioether (sulfide) groups is 1. The van der Waals surface area contributed by atoms with Crippen LogP contribution in [0.1, 0.15) is 10.4 Å². The fourth-order valence-electron chi connectivity index (χ4n) is 3.15. The van der Waals surface area contributed by atoms with Gasteiger partial charge in [0.2, 0.25) is 0 Å². The van der Waals surface area contributed by atoms with Gasteiger partial charge in [-0.25, -0.2) is 4.68 Å². The number of carbonyl (C=O) groups is 2. The molecular weight excluding hydrogens is 402 g/mol.